The van der Waals surface area contributed by atoms with Gasteiger partial charge in [-0.25, -0.2) is 0 Å². The Morgan fingerprint density at radius 2 is 2.17 bits per heavy atom. The lowest BCUT2D eigenvalue weighted by Crippen LogP contribution is -2.64. The zero-order valence-electron chi connectivity index (χ0n) is 14.4. The topological polar surface area (TPSA) is 58.6 Å². The number of benzene rings is 1. The summed E-state index contributed by atoms with van der Waals surface area (Å²) in [6.45, 7) is 7.03. The van der Waals surface area contributed by atoms with E-state index in [1.165, 1.54) is 17.3 Å². The van der Waals surface area contributed by atoms with Gasteiger partial charge >= 0.3 is 0 Å². The minimum atomic E-state index is -0.457. The van der Waals surface area contributed by atoms with Crippen LogP contribution in [0.4, 0.5) is 0 Å². The molecule has 130 valence electrons. The van der Waals surface area contributed by atoms with Gasteiger partial charge in [0.2, 0.25) is 11.8 Å². The third-order valence-electron chi connectivity index (χ3n) is 4.53. The molecule has 2 amide bonds. The Labute approximate surface area is 147 Å². The number of carbonyl (C=O) groups is 2. The molecule has 3 rings (SSSR count). The summed E-state index contributed by atoms with van der Waals surface area (Å²) in [7, 11) is 0. The van der Waals surface area contributed by atoms with Gasteiger partial charge in [-0.3, -0.25) is 9.59 Å². The van der Waals surface area contributed by atoms with Crippen LogP contribution >= 0.6 is 11.8 Å². The van der Waals surface area contributed by atoms with Gasteiger partial charge in [-0.1, -0.05) is 19.1 Å². The van der Waals surface area contributed by atoms with Crippen molar-refractivity contribution >= 4 is 23.6 Å². The first-order valence-corrected chi connectivity index (χ1v) is 9.37. The van der Waals surface area contributed by atoms with Crippen molar-refractivity contribution in [2.75, 3.05) is 18.8 Å². The molecule has 1 N–H and O–H groups in total. The quantitative estimate of drug-likeness (QED) is 0.902. The first-order chi connectivity index (χ1) is 11.4. The van der Waals surface area contributed by atoms with Gasteiger partial charge in [0.05, 0.1) is 17.8 Å². The van der Waals surface area contributed by atoms with E-state index in [1.54, 1.807) is 4.90 Å². The van der Waals surface area contributed by atoms with E-state index in [4.69, 9.17) is 4.74 Å². The second-order valence-electron chi connectivity index (χ2n) is 6.83. The second kappa shape index (κ2) is 6.67. The van der Waals surface area contributed by atoms with Crippen molar-refractivity contribution < 1.29 is 14.3 Å². The molecule has 0 radical (unpaired) electrons. The number of carbonyl (C=O) groups excluding carboxylic acids is 2. The highest BCUT2D eigenvalue weighted by Gasteiger charge is 2.42. The number of amides is 2. The van der Waals surface area contributed by atoms with Gasteiger partial charge in [0.25, 0.3) is 0 Å². The Hall–Kier alpha value is -1.69. The highest BCUT2D eigenvalue weighted by atomic mass is 32.2. The van der Waals surface area contributed by atoms with Crippen LogP contribution in [0.1, 0.15) is 26.3 Å². The van der Waals surface area contributed by atoms with Gasteiger partial charge in [0.1, 0.15) is 17.9 Å². The third kappa shape index (κ3) is 3.53. The molecular weight excluding hydrogens is 324 g/mol. The maximum absolute atomic E-state index is 12.5. The lowest BCUT2D eigenvalue weighted by molar-refractivity contribution is -0.144. The summed E-state index contributed by atoms with van der Waals surface area (Å²) in [5.74, 6) is 1.41. The molecule has 5 nitrogen and oxygen atoms in total. The molecule has 2 aliphatic heterocycles. The summed E-state index contributed by atoms with van der Waals surface area (Å²) in [4.78, 5) is 26.2. The molecule has 0 aliphatic carbocycles. The van der Waals surface area contributed by atoms with Crippen LogP contribution in [0.25, 0.3) is 0 Å². The van der Waals surface area contributed by atoms with Gasteiger partial charge in [0, 0.05) is 5.75 Å². The number of likely N-dealkylation sites (tertiary alicyclic amines) is 1. The van der Waals surface area contributed by atoms with E-state index in [2.05, 4.69) is 18.3 Å². The number of hydrogen-bond donors (Lipinski definition) is 1. The van der Waals surface area contributed by atoms with E-state index in [-0.39, 0.29) is 17.9 Å². The Morgan fingerprint density at radius 1 is 1.42 bits per heavy atom. The molecule has 1 atom stereocenters. The summed E-state index contributed by atoms with van der Waals surface area (Å²) in [6.07, 6.45) is 1.01. The van der Waals surface area contributed by atoms with Crippen LogP contribution in [-0.2, 0) is 16.0 Å². The molecule has 0 aromatic heterocycles. The van der Waals surface area contributed by atoms with E-state index in [0.717, 1.165) is 12.2 Å². The number of nitrogens with zero attached hydrogens (tertiary/aromatic N) is 1. The van der Waals surface area contributed by atoms with Crippen LogP contribution in [0.5, 0.6) is 5.75 Å². The highest BCUT2D eigenvalue weighted by Crippen LogP contribution is 2.30. The molecule has 6 heteroatoms. The van der Waals surface area contributed by atoms with E-state index in [1.807, 2.05) is 32.0 Å². The van der Waals surface area contributed by atoms with Gasteiger partial charge in [-0.05, 0) is 38.0 Å². The lowest BCUT2D eigenvalue weighted by Gasteiger charge is -2.42. The summed E-state index contributed by atoms with van der Waals surface area (Å²) < 4.78 is 5.47. The Balaban J connectivity index is 1.49. The Kier molecular flexibility index (Phi) is 4.76. The van der Waals surface area contributed by atoms with E-state index >= 15 is 0 Å². The Bertz CT molecular complexity index is 641. The van der Waals surface area contributed by atoms with Gasteiger partial charge < -0.3 is 15.0 Å². The van der Waals surface area contributed by atoms with Crippen LogP contribution in [0.15, 0.2) is 24.3 Å². The van der Waals surface area contributed by atoms with E-state index < -0.39 is 10.8 Å². The number of aryl methyl sites for hydroxylation is 1. The predicted molar refractivity (Wildman–Crippen MR) is 95.3 cm³/mol. The molecule has 2 heterocycles. The molecule has 2 fully saturated rings. The van der Waals surface area contributed by atoms with Crippen molar-refractivity contribution in [3.05, 3.63) is 29.8 Å². The molecule has 24 heavy (non-hydrogen) atoms. The molecule has 2 saturated heterocycles. The van der Waals surface area contributed by atoms with Gasteiger partial charge in [0.15, 0.2) is 0 Å². The molecule has 2 aliphatic rings. The average molecular weight is 348 g/mol. The maximum atomic E-state index is 12.5. The molecular formula is C18H24N2O3S. The summed E-state index contributed by atoms with van der Waals surface area (Å²) in [5, 5.41) is 2.84. The first-order valence-electron chi connectivity index (χ1n) is 8.38. The second-order valence-corrected chi connectivity index (χ2v) is 8.47. The van der Waals surface area contributed by atoms with Crippen LogP contribution in [0, 0.1) is 0 Å². The van der Waals surface area contributed by atoms with Crippen LogP contribution < -0.4 is 10.1 Å². The zero-order valence-corrected chi connectivity index (χ0v) is 15.2. The normalized spacial score (nSPS) is 23.4. The van der Waals surface area contributed by atoms with Crippen LogP contribution in [0.3, 0.4) is 0 Å². The summed E-state index contributed by atoms with van der Waals surface area (Å²) >= 11 is 1.53. The summed E-state index contributed by atoms with van der Waals surface area (Å²) in [6, 6.07) is 7.65. The monoisotopic (exact) mass is 348 g/mol. The van der Waals surface area contributed by atoms with E-state index in [9.17, 15) is 9.59 Å². The number of hydrogen-bond acceptors (Lipinski definition) is 4. The van der Waals surface area contributed by atoms with Crippen molar-refractivity contribution in [1.29, 1.82) is 0 Å². The predicted octanol–water partition coefficient (Wildman–Crippen LogP) is 1.85. The molecule has 1 aromatic rings. The number of rotatable bonds is 4. The fraction of sp³-hybridized carbons (Fsp3) is 0.556. The largest absolute Gasteiger partial charge is 0.487 e. The highest BCUT2D eigenvalue weighted by molar-refractivity contribution is 8.01. The van der Waals surface area contributed by atoms with Gasteiger partial charge in [-0.2, -0.15) is 0 Å². The Morgan fingerprint density at radius 3 is 2.83 bits per heavy atom. The van der Waals surface area contributed by atoms with Crippen molar-refractivity contribution in [2.24, 2.45) is 0 Å². The van der Waals surface area contributed by atoms with Crippen LogP contribution in [0.2, 0.25) is 0 Å². The molecule has 1 unspecified atom stereocenters. The standard InChI is InChI=1S/C18H24N2O3S/c1-4-12-6-5-7-13(8-12)23-14-9-20(10-14)16(21)15-11-24-18(2,3)17(22)19-15/h5-8,14-15H,4,9-11H2,1-3H3,(H,19,22). The van der Waals surface area contributed by atoms with E-state index in [0.29, 0.717) is 18.8 Å². The van der Waals surface area contributed by atoms with Crippen molar-refractivity contribution in [2.45, 2.75) is 44.1 Å². The number of ether oxygens (including phenoxy) is 1. The average Bonchev–Trinajstić information content (AvgIpc) is 2.52. The smallest absolute Gasteiger partial charge is 0.246 e. The number of thioether (sulfide) groups is 1. The molecule has 0 spiro atoms. The number of nitrogens with one attached hydrogen (secondary N) is 1. The zero-order chi connectivity index (χ0) is 17.3. The molecule has 0 saturated carbocycles. The minimum absolute atomic E-state index is 0.00601. The molecule has 1 aromatic carbocycles. The van der Waals surface area contributed by atoms with Crippen molar-refractivity contribution in [3.63, 3.8) is 0 Å². The van der Waals surface area contributed by atoms with Crippen molar-refractivity contribution in [1.82, 2.24) is 10.2 Å². The fourth-order valence-corrected chi connectivity index (χ4v) is 3.81. The molecule has 0 bridgehead atoms. The summed E-state index contributed by atoms with van der Waals surface area (Å²) in [5.41, 5.74) is 1.24. The van der Waals surface area contributed by atoms with Crippen molar-refractivity contribution in [3.8, 4) is 5.75 Å². The maximum Gasteiger partial charge on any atom is 0.246 e. The lowest BCUT2D eigenvalue weighted by atomic mass is 10.1. The van der Waals surface area contributed by atoms with Crippen LogP contribution in [-0.4, -0.2) is 52.4 Å². The van der Waals surface area contributed by atoms with Gasteiger partial charge in [-0.15, -0.1) is 11.8 Å². The fourth-order valence-electron chi connectivity index (χ4n) is 2.81. The first kappa shape index (κ1) is 17.1. The minimum Gasteiger partial charge on any atom is -0.487 e. The SMILES string of the molecule is CCc1cccc(OC2CN(C(=O)C3CSC(C)(C)C(=O)N3)C2)c1. The third-order valence-corrected chi connectivity index (χ3v) is 5.94.